The molecule has 11 heteroatoms. The molecule has 0 aliphatic heterocycles. The molecule has 0 spiro atoms. The first-order valence-electron chi connectivity index (χ1n) is 12.1. The van der Waals surface area contributed by atoms with Gasteiger partial charge in [0.2, 0.25) is 11.7 Å². The number of rotatable bonds is 12. The minimum absolute atomic E-state index is 0.0126. The molecular weight excluding hydrogens is 479 g/mol. The molecule has 1 atom stereocenters. The van der Waals surface area contributed by atoms with Gasteiger partial charge in [0.1, 0.15) is 18.4 Å². The van der Waals surface area contributed by atoms with E-state index in [9.17, 15) is 14.0 Å². The molecule has 3 aromatic rings. The van der Waals surface area contributed by atoms with Gasteiger partial charge >= 0.3 is 0 Å². The van der Waals surface area contributed by atoms with Gasteiger partial charge < -0.3 is 14.8 Å². The first kappa shape index (κ1) is 27.6. The Labute approximate surface area is 215 Å². The number of tetrazole rings is 1. The summed E-state index contributed by atoms with van der Waals surface area (Å²) in [5.74, 6) is 0.207. The second kappa shape index (κ2) is 12.8. The second-order valence-electron chi connectivity index (χ2n) is 8.83. The van der Waals surface area contributed by atoms with Gasteiger partial charge in [-0.1, -0.05) is 32.9 Å². The van der Waals surface area contributed by atoms with Gasteiger partial charge in [0.15, 0.2) is 11.5 Å². The smallest absolute Gasteiger partial charge is 0.251 e. The van der Waals surface area contributed by atoms with E-state index in [1.807, 2.05) is 0 Å². The number of methoxy groups -OCH3 is 2. The number of anilines is 1. The molecule has 1 N–H and O–H groups in total. The molecule has 1 heterocycles. The van der Waals surface area contributed by atoms with Gasteiger partial charge in [-0.25, -0.2) is 4.39 Å². The van der Waals surface area contributed by atoms with Crippen LogP contribution in [0.4, 0.5) is 10.1 Å². The Balaban J connectivity index is 1.86. The number of aromatic nitrogens is 4. The lowest BCUT2D eigenvalue weighted by Gasteiger charge is -2.30. The number of hydrogen-bond donors (Lipinski definition) is 1. The highest BCUT2D eigenvalue weighted by atomic mass is 19.1. The third-order valence-corrected chi connectivity index (χ3v) is 5.77. The number of hydrogen-bond acceptors (Lipinski definition) is 7. The summed E-state index contributed by atoms with van der Waals surface area (Å²) in [6, 6.07) is 10.1. The van der Waals surface area contributed by atoms with Crippen LogP contribution in [0.2, 0.25) is 0 Å². The molecule has 10 nitrogen and oxygen atoms in total. The molecule has 37 heavy (non-hydrogen) atoms. The van der Waals surface area contributed by atoms with Gasteiger partial charge in [0, 0.05) is 12.1 Å². The number of carbonyl (C=O) groups excluding carboxylic acids is 2. The molecule has 0 bridgehead atoms. The van der Waals surface area contributed by atoms with Crippen LogP contribution < -0.4 is 19.7 Å². The Morgan fingerprint density at radius 3 is 2.49 bits per heavy atom. The summed E-state index contributed by atoms with van der Waals surface area (Å²) in [6.45, 7) is 6.01. The van der Waals surface area contributed by atoms with Crippen molar-refractivity contribution in [1.82, 2.24) is 25.5 Å². The minimum atomic E-state index is -0.912. The predicted octanol–water partition coefficient (Wildman–Crippen LogP) is 3.47. The van der Waals surface area contributed by atoms with Crippen molar-refractivity contribution in [1.29, 1.82) is 0 Å². The topological polar surface area (TPSA) is 111 Å². The van der Waals surface area contributed by atoms with Gasteiger partial charge in [0.25, 0.3) is 5.91 Å². The maximum atomic E-state index is 14.8. The summed E-state index contributed by atoms with van der Waals surface area (Å²) in [7, 11) is 3.05. The number of halogens is 1. The summed E-state index contributed by atoms with van der Waals surface area (Å²) in [6.07, 6.45) is 1.08. The maximum absolute atomic E-state index is 14.8. The van der Waals surface area contributed by atoms with Crippen LogP contribution in [0.3, 0.4) is 0 Å². The van der Waals surface area contributed by atoms with Gasteiger partial charge in [-0.2, -0.15) is 4.80 Å². The lowest BCUT2D eigenvalue weighted by Crippen LogP contribution is -2.51. The highest BCUT2D eigenvalue weighted by molar-refractivity contribution is 6.00. The molecule has 0 fully saturated rings. The van der Waals surface area contributed by atoms with Crippen molar-refractivity contribution >= 4 is 17.5 Å². The molecule has 0 saturated carbocycles. The minimum Gasteiger partial charge on any atom is -0.493 e. The zero-order chi connectivity index (χ0) is 26.9. The van der Waals surface area contributed by atoms with Crippen molar-refractivity contribution in [2.75, 3.05) is 25.7 Å². The van der Waals surface area contributed by atoms with Gasteiger partial charge in [-0.15, -0.1) is 10.2 Å². The van der Waals surface area contributed by atoms with Crippen LogP contribution in [-0.4, -0.2) is 58.8 Å². The third-order valence-electron chi connectivity index (χ3n) is 5.77. The number of ether oxygens (including phenoxy) is 2. The average molecular weight is 513 g/mol. The van der Waals surface area contributed by atoms with Crippen molar-refractivity contribution in [3.8, 4) is 22.9 Å². The fourth-order valence-corrected chi connectivity index (χ4v) is 3.81. The van der Waals surface area contributed by atoms with E-state index in [-0.39, 0.29) is 30.4 Å². The fourth-order valence-electron chi connectivity index (χ4n) is 3.81. The maximum Gasteiger partial charge on any atom is 0.251 e. The number of amides is 2. The van der Waals surface area contributed by atoms with Gasteiger partial charge in [-0.3, -0.25) is 14.5 Å². The van der Waals surface area contributed by atoms with Crippen LogP contribution in [0.5, 0.6) is 11.5 Å². The van der Waals surface area contributed by atoms with E-state index >= 15 is 0 Å². The van der Waals surface area contributed by atoms with Crippen molar-refractivity contribution < 1.29 is 23.5 Å². The number of para-hydroxylation sites is 1. The van der Waals surface area contributed by atoms with Crippen LogP contribution in [-0.2, 0) is 16.1 Å². The van der Waals surface area contributed by atoms with Crippen LogP contribution >= 0.6 is 0 Å². The number of benzene rings is 2. The molecule has 1 aromatic heterocycles. The van der Waals surface area contributed by atoms with Gasteiger partial charge in [0.05, 0.1) is 19.9 Å². The van der Waals surface area contributed by atoms with Crippen molar-refractivity contribution in [2.45, 2.75) is 46.2 Å². The molecule has 0 radical (unpaired) electrons. The Bertz CT molecular complexity index is 1220. The van der Waals surface area contributed by atoms with Crippen LogP contribution in [0.15, 0.2) is 42.5 Å². The van der Waals surface area contributed by atoms with Crippen LogP contribution in [0.25, 0.3) is 11.4 Å². The molecular formula is C26H33FN6O4. The van der Waals surface area contributed by atoms with Gasteiger partial charge in [-0.05, 0) is 54.3 Å². The average Bonchev–Trinajstić information content (AvgIpc) is 3.35. The SMILES string of the molecule is CCC(C(=O)NCCC(C)C)N(C(=O)Cn1nnc(-c2ccc(OC)c(OC)c2)n1)c1ccccc1F. The number of nitrogens with zero attached hydrogens (tertiary/aromatic N) is 5. The Morgan fingerprint density at radius 1 is 1.11 bits per heavy atom. The molecule has 2 amide bonds. The largest absolute Gasteiger partial charge is 0.493 e. The molecule has 0 saturated heterocycles. The van der Waals surface area contributed by atoms with E-state index in [2.05, 4.69) is 34.6 Å². The van der Waals surface area contributed by atoms with Crippen LogP contribution in [0.1, 0.15) is 33.6 Å². The van der Waals surface area contributed by atoms with E-state index in [0.29, 0.717) is 29.5 Å². The Hall–Kier alpha value is -4.02. The molecule has 1 unspecified atom stereocenters. The van der Waals surface area contributed by atoms with E-state index in [1.165, 1.54) is 37.3 Å². The Kier molecular flexibility index (Phi) is 9.53. The molecule has 0 aliphatic carbocycles. The third kappa shape index (κ3) is 6.81. The van der Waals surface area contributed by atoms with Crippen molar-refractivity contribution in [2.24, 2.45) is 5.92 Å². The molecule has 2 aromatic carbocycles. The first-order chi connectivity index (χ1) is 17.8. The summed E-state index contributed by atoms with van der Waals surface area (Å²) in [4.78, 5) is 28.8. The second-order valence-corrected chi connectivity index (χ2v) is 8.83. The van der Waals surface area contributed by atoms with E-state index in [0.717, 1.165) is 11.2 Å². The standard InChI is InChI=1S/C26H33FN6O4/c1-6-20(26(35)28-14-13-17(2)3)33(21-10-8-7-9-19(21)27)24(34)16-32-30-25(29-31-32)18-11-12-22(36-4)23(15-18)37-5/h7-12,15,17,20H,6,13-14,16H2,1-5H3,(H,28,35). The summed E-state index contributed by atoms with van der Waals surface area (Å²) < 4.78 is 25.4. The highest BCUT2D eigenvalue weighted by Gasteiger charge is 2.32. The van der Waals surface area contributed by atoms with Crippen molar-refractivity contribution in [3.05, 3.63) is 48.3 Å². The monoisotopic (exact) mass is 512 g/mol. The normalized spacial score (nSPS) is 11.8. The molecule has 3 rings (SSSR count). The molecule has 198 valence electrons. The predicted molar refractivity (Wildman–Crippen MR) is 137 cm³/mol. The van der Waals surface area contributed by atoms with E-state index in [4.69, 9.17) is 9.47 Å². The zero-order valence-electron chi connectivity index (χ0n) is 21.8. The van der Waals surface area contributed by atoms with Crippen LogP contribution in [0, 0.1) is 11.7 Å². The summed E-state index contributed by atoms with van der Waals surface area (Å²) in [5.41, 5.74) is 0.622. The number of nitrogens with one attached hydrogen (secondary N) is 1. The lowest BCUT2D eigenvalue weighted by atomic mass is 10.1. The highest BCUT2D eigenvalue weighted by Crippen LogP contribution is 2.31. The number of carbonyl (C=O) groups is 2. The zero-order valence-corrected chi connectivity index (χ0v) is 21.8. The quantitative estimate of drug-likeness (QED) is 0.396. The van der Waals surface area contributed by atoms with E-state index < -0.39 is 17.8 Å². The van der Waals surface area contributed by atoms with Crippen molar-refractivity contribution in [3.63, 3.8) is 0 Å². The fraction of sp³-hybridized carbons (Fsp3) is 0.423. The van der Waals surface area contributed by atoms with E-state index in [1.54, 1.807) is 31.2 Å². The first-order valence-corrected chi connectivity index (χ1v) is 12.1. The Morgan fingerprint density at radius 2 is 1.84 bits per heavy atom. The summed E-state index contributed by atoms with van der Waals surface area (Å²) >= 11 is 0. The summed E-state index contributed by atoms with van der Waals surface area (Å²) in [5, 5.41) is 15.2. The molecule has 0 aliphatic rings. The lowest BCUT2D eigenvalue weighted by molar-refractivity contribution is -0.127.